The molecule has 0 aromatic carbocycles. The number of carbonyl (C=O) groups is 2. The van der Waals surface area contributed by atoms with E-state index in [1.165, 1.54) is 135 Å². The maximum absolute atomic E-state index is 12.8. The van der Waals surface area contributed by atoms with Crippen LogP contribution in [-0.2, 0) is 32.7 Å². The Kier molecular flexibility index (Phi) is 51.9. The summed E-state index contributed by atoms with van der Waals surface area (Å²) in [4.78, 5) is 37.8. The summed E-state index contributed by atoms with van der Waals surface area (Å²) in [6.07, 6.45) is 72.2. The van der Waals surface area contributed by atoms with Gasteiger partial charge in [-0.2, -0.15) is 0 Å². The highest BCUT2D eigenvalue weighted by Crippen LogP contribution is 2.38. The van der Waals surface area contributed by atoms with Crippen molar-refractivity contribution in [3.8, 4) is 0 Å². The molecule has 0 amide bonds. The standard InChI is InChI=1S/C63H112NO8P/c1-6-8-10-12-14-16-18-20-21-22-23-24-25-26-27-28-29-30-31-32-33-34-35-36-37-38-39-40-41-42-43-44-46-48-50-52-54-56-63(66)72-61(60-71-73(67,68)70-58-57-64(3,4)5)59-69-62(65)55-53-51-49-47-45-19-17-15-13-11-9-7-2/h8,10,14,16,20-21,23-24,26-27,29-30,32-33,61H,6-7,9,11-13,15,17-19,22,25,28,31,34-60H2,1-5H3/b10-8-,16-14-,21-20-,24-23-,27-26-,30-29-,33-32-. The molecule has 0 aromatic heterocycles. The maximum Gasteiger partial charge on any atom is 0.306 e. The molecule has 0 aliphatic rings. The van der Waals surface area contributed by atoms with Gasteiger partial charge in [-0.05, 0) is 70.6 Å². The molecule has 0 fully saturated rings. The number of unbranched alkanes of at least 4 members (excludes halogenated alkanes) is 26. The van der Waals surface area contributed by atoms with Crippen molar-refractivity contribution in [3.63, 3.8) is 0 Å². The summed E-state index contributed by atoms with van der Waals surface area (Å²) in [6, 6.07) is 0. The number of likely N-dealkylation sites (N-methyl/N-ethyl adjacent to an activating group) is 1. The topological polar surface area (TPSA) is 111 Å². The molecule has 9 nitrogen and oxygen atoms in total. The fourth-order valence-electron chi connectivity index (χ4n) is 8.11. The van der Waals surface area contributed by atoms with E-state index in [0.717, 1.165) is 83.5 Å². The summed E-state index contributed by atoms with van der Waals surface area (Å²) in [5.74, 6) is -0.829. The van der Waals surface area contributed by atoms with Gasteiger partial charge in [-0.15, -0.1) is 0 Å². The maximum atomic E-state index is 12.8. The number of quaternary nitrogens is 1. The van der Waals surface area contributed by atoms with Gasteiger partial charge in [-0.1, -0.05) is 253 Å². The summed E-state index contributed by atoms with van der Waals surface area (Å²) in [5.41, 5.74) is 0. The van der Waals surface area contributed by atoms with Gasteiger partial charge < -0.3 is 27.9 Å². The summed E-state index contributed by atoms with van der Waals surface area (Å²) in [6.45, 7) is 4.13. The number of hydrogen-bond acceptors (Lipinski definition) is 8. The van der Waals surface area contributed by atoms with E-state index in [4.69, 9.17) is 18.5 Å². The van der Waals surface area contributed by atoms with Crippen molar-refractivity contribution in [1.82, 2.24) is 0 Å². The number of nitrogens with zero attached hydrogens (tertiary/aromatic N) is 1. The Hall–Kier alpha value is -2.81. The molecule has 73 heavy (non-hydrogen) atoms. The average molecular weight is 1040 g/mol. The molecular weight excluding hydrogens is 930 g/mol. The monoisotopic (exact) mass is 1040 g/mol. The molecule has 0 N–H and O–H groups in total. The second kappa shape index (κ2) is 54.0. The summed E-state index contributed by atoms with van der Waals surface area (Å²) >= 11 is 0. The predicted molar refractivity (Wildman–Crippen MR) is 309 cm³/mol. The van der Waals surface area contributed by atoms with E-state index in [1.807, 2.05) is 21.1 Å². The number of esters is 2. The van der Waals surface area contributed by atoms with E-state index in [9.17, 15) is 19.0 Å². The first kappa shape index (κ1) is 70.2. The highest BCUT2D eigenvalue weighted by Gasteiger charge is 2.22. The first-order valence-electron chi connectivity index (χ1n) is 29.8. The Balaban J connectivity index is 4.00. The summed E-state index contributed by atoms with van der Waals surface area (Å²) in [7, 11) is 1.17. The van der Waals surface area contributed by atoms with E-state index in [-0.39, 0.29) is 32.0 Å². The van der Waals surface area contributed by atoms with Crippen LogP contribution in [0.5, 0.6) is 0 Å². The SMILES string of the molecule is CC/C=C\C/C=C\C/C=C\C/C=C\C/C=C\C/C=C\C/C=C\CCCCCCCCCCCCCCCCCC(=O)OC(COC(=O)CCCCCCCCCCCCCC)COP(=O)([O-])OCC[N+](C)(C)C. The molecule has 2 unspecified atom stereocenters. The molecule has 0 radical (unpaired) electrons. The summed E-state index contributed by atoms with van der Waals surface area (Å²) < 4.78 is 34.1. The normalized spacial score (nSPS) is 13.9. The van der Waals surface area contributed by atoms with Gasteiger partial charge in [0.1, 0.15) is 19.8 Å². The third-order valence-corrected chi connectivity index (χ3v) is 13.6. The second-order valence-electron chi connectivity index (χ2n) is 21.0. The van der Waals surface area contributed by atoms with Crippen LogP contribution in [-0.4, -0.2) is 70.0 Å². The van der Waals surface area contributed by atoms with Crippen molar-refractivity contribution < 1.29 is 42.1 Å². The van der Waals surface area contributed by atoms with Crippen LogP contribution < -0.4 is 4.89 Å². The summed E-state index contributed by atoms with van der Waals surface area (Å²) in [5, 5.41) is 0. The van der Waals surface area contributed by atoms with Gasteiger partial charge in [0, 0.05) is 12.8 Å². The molecule has 0 heterocycles. The van der Waals surface area contributed by atoms with Crippen LogP contribution in [0.25, 0.3) is 0 Å². The van der Waals surface area contributed by atoms with Crippen LogP contribution in [0, 0.1) is 0 Å². The van der Waals surface area contributed by atoms with Crippen LogP contribution >= 0.6 is 7.82 Å². The second-order valence-corrected chi connectivity index (χ2v) is 22.4. The molecule has 0 aromatic rings. The number of phosphoric acid groups is 1. The fraction of sp³-hybridized carbons (Fsp3) is 0.746. The minimum atomic E-state index is -4.63. The molecule has 422 valence electrons. The minimum absolute atomic E-state index is 0.0313. The van der Waals surface area contributed by atoms with Gasteiger partial charge in [0.25, 0.3) is 7.82 Å². The molecule has 0 saturated carbocycles. The number of ether oxygens (including phenoxy) is 2. The van der Waals surface area contributed by atoms with Crippen molar-refractivity contribution >= 4 is 19.8 Å². The number of allylic oxidation sites excluding steroid dienone is 14. The van der Waals surface area contributed by atoms with E-state index in [0.29, 0.717) is 17.4 Å². The van der Waals surface area contributed by atoms with Crippen molar-refractivity contribution in [3.05, 3.63) is 85.1 Å². The predicted octanol–water partition coefficient (Wildman–Crippen LogP) is 18.0. The first-order chi connectivity index (χ1) is 35.5. The van der Waals surface area contributed by atoms with Crippen molar-refractivity contribution in [2.45, 2.75) is 258 Å². The smallest absolute Gasteiger partial charge is 0.306 e. The highest BCUT2D eigenvalue weighted by atomic mass is 31.2. The van der Waals surface area contributed by atoms with Crippen LogP contribution in [0.4, 0.5) is 0 Å². The van der Waals surface area contributed by atoms with Gasteiger partial charge in [-0.25, -0.2) is 0 Å². The van der Waals surface area contributed by atoms with Crippen LogP contribution in [0.3, 0.4) is 0 Å². The van der Waals surface area contributed by atoms with E-state index in [1.54, 1.807) is 0 Å². The van der Waals surface area contributed by atoms with Gasteiger partial charge in [-0.3, -0.25) is 14.2 Å². The van der Waals surface area contributed by atoms with Crippen molar-refractivity contribution in [1.29, 1.82) is 0 Å². The van der Waals surface area contributed by atoms with Gasteiger partial charge in [0.2, 0.25) is 0 Å². The zero-order chi connectivity index (χ0) is 53.5. The van der Waals surface area contributed by atoms with Gasteiger partial charge >= 0.3 is 11.9 Å². The minimum Gasteiger partial charge on any atom is -0.756 e. The van der Waals surface area contributed by atoms with Gasteiger partial charge in [0.05, 0.1) is 27.7 Å². The molecule has 0 spiro atoms. The molecular formula is C63H112NO8P. The first-order valence-corrected chi connectivity index (χ1v) is 31.3. The lowest BCUT2D eigenvalue weighted by Gasteiger charge is -2.28. The molecule has 0 rings (SSSR count). The molecule has 0 aliphatic carbocycles. The van der Waals surface area contributed by atoms with E-state index >= 15 is 0 Å². The van der Waals surface area contributed by atoms with Crippen LogP contribution in [0.1, 0.15) is 251 Å². The van der Waals surface area contributed by atoms with Gasteiger partial charge in [0.15, 0.2) is 6.10 Å². The average Bonchev–Trinajstić information content (AvgIpc) is 3.35. The largest absolute Gasteiger partial charge is 0.756 e. The lowest BCUT2D eigenvalue weighted by molar-refractivity contribution is -0.870. The molecule has 2 atom stereocenters. The third kappa shape index (κ3) is 58.3. The Morgan fingerprint density at radius 2 is 0.781 bits per heavy atom. The Morgan fingerprint density at radius 1 is 0.438 bits per heavy atom. The lowest BCUT2D eigenvalue weighted by Crippen LogP contribution is -2.37. The van der Waals surface area contributed by atoms with E-state index < -0.39 is 26.5 Å². The quantitative estimate of drug-likeness (QED) is 0.0195. The Bertz CT molecular complexity index is 1510. The lowest BCUT2D eigenvalue weighted by atomic mass is 10.0. The van der Waals surface area contributed by atoms with Crippen molar-refractivity contribution in [2.75, 3.05) is 47.5 Å². The van der Waals surface area contributed by atoms with Crippen molar-refractivity contribution in [2.24, 2.45) is 0 Å². The Labute approximate surface area is 450 Å². The zero-order valence-corrected chi connectivity index (χ0v) is 48.7. The molecule has 0 aliphatic heterocycles. The third-order valence-electron chi connectivity index (χ3n) is 12.7. The molecule has 10 heteroatoms. The highest BCUT2D eigenvalue weighted by molar-refractivity contribution is 7.45. The number of rotatable bonds is 54. The number of hydrogen-bond donors (Lipinski definition) is 0. The molecule has 0 bridgehead atoms. The Morgan fingerprint density at radius 3 is 1.16 bits per heavy atom. The number of phosphoric ester groups is 1. The zero-order valence-electron chi connectivity index (χ0n) is 47.8. The van der Waals surface area contributed by atoms with Crippen LogP contribution in [0.15, 0.2) is 85.1 Å². The van der Waals surface area contributed by atoms with E-state index in [2.05, 4.69) is 98.9 Å². The van der Waals surface area contributed by atoms with Crippen LogP contribution in [0.2, 0.25) is 0 Å². The number of carbonyl (C=O) groups excluding carboxylic acids is 2. The molecule has 0 saturated heterocycles. The fourth-order valence-corrected chi connectivity index (χ4v) is 8.84.